The number of aromatic nitrogens is 2. The highest BCUT2D eigenvalue weighted by Crippen LogP contribution is 2.24. The van der Waals surface area contributed by atoms with Crippen molar-refractivity contribution >= 4 is 45.6 Å². The van der Waals surface area contributed by atoms with Crippen LogP contribution in [0.3, 0.4) is 0 Å². The van der Waals surface area contributed by atoms with E-state index in [0.717, 1.165) is 31.9 Å². The monoisotopic (exact) mass is 398 g/mol. The van der Waals surface area contributed by atoms with Crippen LogP contribution in [0.2, 0.25) is 5.02 Å². The second-order valence-corrected chi connectivity index (χ2v) is 8.21. The van der Waals surface area contributed by atoms with Crippen LogP contribution in [0.4, 0.5) is 0 Å². The fourth-order valence-corrected chi connectivity index (χ4v) is 4.46. The van der Waals surface area contributed by atoms with Gasteiger partial charge in [-0.05, 0) is 41.3 Å². The zero-order valence-corrected chi connectivity index (χ0v) is 16.2. The third-order valence-electron chi connectivity index (χ3n) is 4.00. The molecule has 130 valence electrons. The van der Waals surface area contributed by atoms with Gasteiger partial charge in [-0.15, -0.1) is 11.3 Å². The summed E-state index contributed by atoms with van der Waals surface area (Å²) >= 11 is 9.17. The minimum Gasteiger partial charge on any atom is -0.282 e. The highest BCUT2D eigenvalue weighted by Gasteiger charge is 2.12. The number of nitrogens with zero attached hydrogens (tertiary/aromatic N) is 2. The molecule has 0 aliphatic heterocycles. The van der Waals surface area contributed by atoms with E-state index in [0.29, 0.717) is 11.9 Å². The molecule has 0 unspecified atom stereocenters. The van der Waals surface area contributed by atoms with Crippen LogP contribution in [0.15, 0.2) is 76.0 Å². The molecule has 0 fully saturated rings. The maximum Gasteiger partial charge on any atom is 0.262 e. The van der Waals surface area contributed by atoms with Crippen molar-refractivity contribution in [1.82, 2.24) is 9.55 Å². The molecule has 4 aromatic rings. The lowest BCUT2D eigenvalue weighted by atomic mass is 10.2. The van der Waals surface area contributed by atoms with Crippen LogP contribution in [0.5, 0.6) is 0 Å². The Labute approximate surface area is 164 Å². The van der Waals surface area contributed by atoms with Crippen molar-refractivity contribution in [1.29, 1.82) is 0 Å². The van der Waals surface area contributed by atoms with Crippen LogP contribution >= 0.6 is 34.7 Å². The molecule has 4 rings (SSSR count). The van der Waals surface area contributed by atoms with Crippen molar-refractivity contribution in [3.8, 4) is 0 Å². The van der Waals surface area contributed by atoms with Crippen LogP contribution in [0.1, 0.15) is 10.4 Å². The number of thiophene rings is 1. The normalized spacial score (nSPS) is 11.1. The molecule has 0 radical (unpaired) electrons. The average molecular weight is 399 g/mol. The number of thioether (sulfide) groups is 1. The predicted octanol–water partition coefficient (Wildman–Crippen LogP) is 5.45. The summed E-state index contributed by atoms with van der Waals surface area (Å²) < 4.78 is 1.77. The Morgan fingerprint density at radius 2 is 1.85 bits per heavy atom. The van der Waals surface area contributed by atoms with Crippen molar-refractivity contribution in [2.24, 2.45) is 0 Å². The summed E-state index contributed by atoms with van der Waals surface area (Å²) in [5, 5.41) is 4.13. The van der Waals surface area contributed by atoms with Gasteiger partial charge in [0.2, 0.25) is 0 Å². The second-order valence-electron chi connectivity index (χ2n) is 5.80. The van der Waals surface area contributed by atoms with Crippen LogP contribution in [-0.4, -0.2) is 9.55 Å². The van der Waals surface area contributed by atoms with Crippen LogP contribution in [0.25, 0.3) is 10.9 Å². The Balaban J connectivity index is 1.73. The molecular formula is C20H15ClN2OS2. The van der Waals surface area contributed by atoms with Crippen molar-refractivity contribution in [3.05, 3.63) is 91.9 Å². The fraction of sp³-hybridized carbons (Fsp3) is 0.100. The van der Waals surface area contributed by atoms with E-state index in [1.165, 1.54) is 0 Å². The average Bonchev–Trinajstić information content (AvgIpc) is 3.17. The van der Waals surface area contributed by atoms with Crippen molar-refractivity contribution in [3.63, 3.8) is 0 Å². The van der Waals surface area contributed by atoms with E-state index >= 15 is 0 Å². The summed E-state index contributed by atoms with van der Waals surface area (Å²) in [6, 6.07) is 19.3. The van der Waals surface area contributed by atoms with E-state index < -0.39 is 0 Å². The first-order valence-corrected chi connectivity index (χ1v) is 10.3. The van der Waals surface area contributed by atoms with E-state index in [4.69, 9.17) is 16.6 Å². The summed E-state index contributed by atoms with van der Waals surface area (Å²) in [4.78, 5) is 18.9. The number of rotatable bonds is 5. The number of para-hydroxylation sites is 1. The van der Waals surface area contributed by atoms with Gasteiger partial charge in [-0.25, -0.2) is 4.98 Å². The summed E-state index contributed by atoms with van der Waals surface area (Å²) in [7, 11) is 0. The first-order chi connectivity index (χ1) is 12.7. The highest BCUT2D eigenvalue weighted by molar-refractivity contribution is 7.98. The molecule has 0 saturated heterocycles. The van der Waals surface area contributed by atoms with Gasteiger partial charge in [-0.2, -0.15) is 0 Å². The number of halogens is 1. The molecule has 0 saturated carbocycles. The van der Waals surface area contributed by atoms with Gasteiger partial charge in [0.05, 0.1) is 17.4 Å². The fourth-order valence-electron chi connectivity index (χ4n) is 2.68. The van der Waals surface area contributed by atoms with E-state index in [9.17, 15) is 4.79 Å². The van der Waals surface area contributed by atoms with Gasteiger partial charge >= 0.3 is 0 Å². The maximum atomic E-state index is 13.0. The number of fused-ring (bicyclic) bond motifs is 1. The lowest BCUT2D eigenvalue weighted by Crippen LogP contribution is -2.23. The minimum absolute atomic E-state index is 0.00241. The van der Waals surface area contributed by atoms with Gasteiger partial charge in [0.1, 0.15) is 0 Å². The molecule has 6 heteroatoms. The van der Waals surface area contributed by atoms with Crippen molar-refractivity contribution in [2.45, 2.75) is 17.5 Å². The lowest BCUT2D eigenvalue weighted by Gasteiger charge is -2.12. The van der Waals surface area contributed by atoms with Crippen molar-refractivity contribution < 1.29 is 0 Å². The van der Waals surface area contributed by atoms with Gasteiger partial charge in [0.15, 0.2) is 5.16 Å². The van der Waals surface area contributed by atoms with Gasteiger partial charge < -0.3 is 0 Å². The first-order valence-electron chi connectivity index (χ1n) is 8.10. The Morgan fingerprint density at radius 1 is 1.04 bits per heavy atom. The highest BCUT2D eigenvalue weighted by atomic mass is 35.5. The summed E-state index contributed by atoms with van der Waals surface area (Å²) in [6.45, 7) is 0.539. The van der Waals surface area contributed by atoms with Crippen LogP contribution in [0, 0.1) is 0 Å². The van der Waals surface area contributed by atoms with Gasteiger partial charge in [0.25, 0.3) is 5.56 Å². The smallest absolute Gasteiger partial charge is 0.262 e. The molecule has 0 bridgehead atoms. The van der Waals surface area contributed by atoms with Gasteiger partial charge in [-0.1, -0.05) is 53.7 Å². The lowest BCUT2D eigenvalue weighted by molar-refractivity contribution is 0.664. The maximum absolute atomic E-state index is 13.0. The Morgan fingerprint density at radius 3 is 2.62 bits per heavy atom. The number of hydrogen-bond acceptors (Lipinski definition) is 4. The Bertz CT molecular complexity index is 1090. The predicted molar refractivity (Wildman–Crippen MR) is 110 cm³/mol. The van der Waals surface area contributed by atoms with E-state index in [1.807, 2.05) is 66.0 Å². The quantitative estimate of drug-likeness (QED) is 0.331. The second kappa shape index (κ2) is 7.66. The topological polar surface area (TPSA) is 34.9 Å². The third kappa shape index (κ3) is 3.70. The summed E-state index contributed by atoms with van der Waals surface area (Å²) in [5.74, 6) is 0.729. The largest absolute Gasteiger partial charge is 0.282 e. The first kappa shape index (κ1) is 17.3. The van der Waals surface area contributed by atoms with Crippen LogP contribution < -0.4 is 5.56 Å². The zero-order valence-electron chi connectivity index (χ0n) is 13.8. The molecule has 0 N–H and O–H groups in total. The molecule has 2 heterocycles. The van der Waals surface area contributed by atoms with Gasteiger partial charge in [0, 0.05) is 15.7 Å². The minimum atomic E-state index is 0.00241. The van der Waals surface area contributed by atoms with Gasteiger partial charge in [-0.3, -0.25) is 9.36 Å². The third-order valence-corrected chi connectivity index (χ3v) is 6.16. The molecule has 0 spiro atoms. The molecule has 2 aromatic carbocycles. The van der Waals surface area contributed by atoms with Crippen molar-refractivity contribution in [2.75, 3.05) is 0 Å². The zero-order chi connectivity index (χ0) is 17.9. The van der Waals surface area contributed by atoms with E-state index in [1.54, 1.807) is 27.7 Å². The Hall–Kier alpha value is -2.08. The summed E-state index contributed by atoms with van der Waals surface area (Å²) in [5.41, 5.74) is 1.88. The number of hydrogen-bond donors (Lipinski definition) is 0. The van der Waals surface area contributed by atoms with E-state index in [2.05, 4.69) is 0 Å². The summed E-state index contributed by atoms with van der Waals surface area (Å²) in [6.07, 6.45) is 0. The SMILES string of the molecule is O=c1c2ccccc2nc(SCc2ccc(Cl)cc2)n1Cc1cccs1. The Kier molecular flexibility index (Phi) is 5.11. The van der Waals surface area contributed by atoms with E-state index in [-0.39, 0.29) is 5.56 Å². The molecule has 0 atom stereocenters. The molecular weight excluding hydrogens is 384 g/mol. The molecule has 0 aliphatic rings. The standard InChI is InChI=1S/C20H15ClN2OS2/c21-15-9-7-14(8-10-15)13-26-20-22-18-6-2-1-5-17(18)19(24)23(20)12-16-4-3-11-25-16/h1-11H,12-13H2. The van der Waals surface area contributed by atoms with Crippen LogP contribution in [-0.2, 0) is 12.3 Å². The molecule has 0 amide bonds. The molecule has 26 heavy (non-hydrogen) atoms. The number of benzene rings is 2. The molecule has 0 aliphatic carbocycles. The molecule has 2 aromatic heterocycles. The molecule has 3 nitrogen and oxygen atoms in total.